The van der Waals surface area contributed by atoms with Crippen molar-refractivity contribution >= 4 is 17.4 Å². The molecule has 0 amide bonds. The highest BCUT2D eigenvalue weighted by Gasteiger charge is 2.32. The molecule has 102 valence electrons. The van der Waals surface area contributed by atoms with Crippen molar-refractivity contribution < 1.29 is 17.9 Å². The summed E-state index contributed by atoms with van der Waals surface area (Å²) >= 11 is 5.43. The number of alkyl halides is 4. The molecule has 1 heterocycles. The topological polar surface area (TPSA) is 38.2 Å². The highest BCUT2D eigenvalue weighted by atomic mass is 35.5. The van der Waals surface area contributed by atoms with Gasteiger partial charge in [0.1, 0.15) is 0 Å². The van der Waals surface area contributed by atoms with Gasteiger partial charge in [-0.15, -0.1) is 21.8 Å². The fraction of sp³-hybridized carbons (Fsp3) is 0.600. The molecule has 0 saturated carbocycles. The molecular weight excluding hydrogens is 271 g/mol. The van der Waals surface area contributed by atoms with Crippen molar-refractivity contribution in [2.45, 2.75) is 6.18 Å². The van der Waals surface area contributed by atoms with Crippen LogP contribution in [0.3, 0.4) is 0 Å². The predicted octanol–water partition coefficient (Wildman–Crippen LogP) is 2.19. The lowest BCUT2D eigenvalue weighted by molar-refractivity contribution is -0.141. The summed E-state index contributed by atoms with van der Waals surface area (Å²) < 4.78 is 41.9. The number of halogens is 4. The van der Waals surface area contributed by atoms with E-state index in [4.69, 9.17) is 16.3 Å². The van der Waals surface area contributed by atoms with E-state index in [0.29, 0.717) is 31.5 Å². The van der Waals surface area contributed by atoms with E-state index in [-0.39, 0.29) is 0 Å². The van der Waals surface area contributed by atoms with Gasteiger partial charge >= 0.3 is 6.18 Å². The molecule has 0 spiro atoms. The van der Waals surface area contributed by atoms with E-state index >= 15 is 0 Å². The van der Waals surface area contributed by atoms with E-state index in [1.807, 2.05) is 0 Å². The Balaban J connectivity index is 2.51. The molecule has 0 aromatic carbocycles. The van der Waals surface area contributed by atoms with Gasteiger partial charge in [0.25, 0.3) is 0 Å². The Morgan fingerprint density at radius 1 is 1.28 bits per heavy atom. The molecule has 0 N–H and O–H groups in total. The molecule has 0 fully saturated rings. The first kappa shape index (κ1) is 15.0. The van der Waals surface area contributed by atoms with Crippen molar-refractivity contribution in [2.75, 3.05) is 37.6 Å². The van der Waals surface area contributed by atoms with Gasteiger partial charge in [-0.1, -0.05) is 0 Å². The molecule has 0 bridgehead atoms. The molecule has 4 nitrogen and oxygen atoms in total. The second-order valence-electron chi connectivity index (χ2n) is 3.50. The number of ether oxygens (including phenoxy) is 1. The molecule has 0 atom stereocenters. The summed E-state index contributed by atoms with van der Waals surface area (Å²) in [5.74, 6) is 0.765. The van der Waals surface area contributed by atoms with Crippen LogP contribution in [0.25, 0.3) is 0 Å². The van der Waals surface area contributed by atoms with Gasteiger partial charge < -0.3 is 9.64 Å². The number of hydrogen-bond acceptors (Lipinski definition) is 4. The SMILES string of the molecule is CN(CCOCCCl)c1ccc(C(F)(F)F)nn1. The highest BCUT2D eigenvalue weighted by Crippen LogP contribution is 2.27. The van der Waals surface area contributed by atoms with Crippen LogP contribution >= 0.6 is 11.6 Å². The summed E-state index contributed by atoms with van der Waals surface area (Å²) in [5, 5.41) is 6.66. The number of nitrogens with zero attached hydrogens (tertiary/aromatic N) is 3. The maximum Gasteiger partial charge on any atom is 0.435 e. The average molecular weight is 284 g/mol. The Morgan fingerprint density at radius 3 is 2.50 bits per heavy atom. The zero-order chi connectivity index (χ0) is 13.6. The third kappa shape index (κ3) is 4.66. The van der Waals surface area contributed by atoms with Crippen molar-refractivity contribution in [1.29, 1.82) is 0 Å². The molecule has 18 heavy (non-hydrogen) atoms. The third-order valence-electron chi connectivity index (χ3n) is 2.12. The predicted molar refractivity (Wildman–Crippen MR) is 61.8 cm³/mol. The Bertz CT molecular complexity index is 358. The lowest BCUT2D eigenvalue weighted by Crippen LogP contribution is -2.24. The summed E-state index contributed by atoms with van der Waals surface area (Å²) in [7, 11) is 1.70. The average Bonchev–Trinajstić information content (AvgIpc) is 2.33. The molecular formula is C10H13ClF3N3O. The molecule has 0 saturated heterocycles. The lowest BCUT2D eigenvalue weighted by Gasteiger charge is -2.17. The Morgan fingerprint density at radius 2 is 2.00 bits per heavy atom. The normalized spacial score (nSPS) is 11.6. The molecule has 8 heteroatoms. The molecule has 0 aliphatic rings. The van der Waals surface area contributed by atoms with Gasteiger partial charge in [-0.3, -0.25) is 0 Å². The van der Waals surface area contributed by atoms with Crippen LogP contribution in [0.5, 0.6) is 0 Å². The number of hydrogen-bond donors (Lipinski definition) is 0. The number of likely N-dealkylation sites (N-methyl/N-ethyl adjacent to an activating group) is 1. The van der Waals surface area contributed by atoms with E-state index in [0.717, 1.165) is 6.07 Å². The van der Waals surface area contributed by atoms with Gasteiger partial charge in [-0.25, -0.2) is 0 Å². The van der Waals surface area contributed by atoms with Gasteiger partial charge in [-0.2, -0.15) is 13.2 Å². The zero-order valence-corrected chi connectivity index (χ0v) is 10.5. The van der Waals surface area contributed by atoms with Crippen LogP contribution in [-0.4, -0.2) is 42.9 Å². The van der Waals surface area contributed by atoms with Gasteiger partial charge in [-0.05, 0) is 12.1 Å². The largest absolute Gasteiger partial charge is 0.435 e. The lowest BCUT2D eigenvalue weighted by atomic mass is 10.3. The first-order valence-electron chi connectivity index (χ1n) is 5.21. The van der Waals surface area contributed by atoms with E-state index in [1.165, 1.54) is 6.07 Å². The van der Waals surface area contributed by atoms with Crippen molar-refractivity contribution in [1.82, 2.24) is 10.2 Å². The maximum atomic E-state index is 12.3. The fourth-order valence-electron chi connectivity index (χ4n) is 1.15. The van der Waals surface area contributed by atoms with Crippen molar-refractivity contribution in [3.8, 4) is 0 Å². The van der Waals surface area contributed by atoms with Crippen LogP contribution in [0.15, 0.2) is 12.1 Å². The van der Waals surface area contributed by atoms with Crippen molar-refractivity contribution in [3.05, 3.63) is 17.8 Å². The molecule has 1 aromatic rings. The number of rotatable bonds is 6. The summed E-state index contributed by atoms with van der Waals surface area (Å²) in [4.78, 5) is 1.65. The second-order valence-corrected chi connectivity index (χ2v) is 3.88. The van der Waals surface area contributed by atoms with E-state index < -0.39 is 11.9 Å². The summed E-state index contributed by atoms with van der Waals surface area (Å²) in [5.41, 5.74) is -1.00. The van der Waals surface area contributed by atoms with Gasteiger partial charge in [0.15, 0.2) is 11.5 Å². The van der Waals surface area contributed by atoms with E-state index in [2.05, 4.69) is 10.2 Å². The monoisotopic (exact) mass is 283 g/mol. The van der Waals surface area contributed by atoms with Crippen LogP contribution in [0.2, 0.25) is 0 Å². The molecule has 0 aliphatic heterocycles. The number of anilines is 1. The smallest absolute Gasteiger partial charge is 0.378 e. The third-order valence-corrected chi connectivity index (χ3v) is 2.28. The minimum atomic E-state index is -4.46. The first-order valence-corrected chi connectivity index (χ1v) is 5.74. The number of aromatic nitrogens is 2. The molecule has 1 aromatic heterocycles. The van der Waals surface area contributed by atoms with E-state index in [1.54, 1.807) is 11.9 Å². The zero-order valence-electron chi connectivity index (χ0n) is 9.74. The van der Waals surface area contributed by atoms with E-state index in [9.17, 15) is 13.2 Å². The highest BCUT2D eigenvalue weighted by molar-refractivity contribution is 6.17. The van der Waals surface area contributed by atoms with Gasteiger partial charge in [0.05, 0.1) is 13.2 Å². The minimum Gasteiger partial charge on any atom is -0.378 e. The van der Waals surface area contributed by atoms with Crippen LogP contribution in [0.4, 0.5) is 19.0 Å². The van der Waals surface area contributed by atoms with Gasteiger partial charge in [0, 0.05) is 19.5 Å². The Kier molecular flexibility index (Phi) is 5.61. The summed E-state index contributed by atoms with van der Waals surface area (Å²) in [6, 6.07) is 2.18. The molecule has 0 radical (unpaired) electrons. The fourth-order valence-corrected chi connectivity index (χ4v) is 1.26. The standard InChI is InChI=1S/C10H13ClF3N3O/c1-17(5-7-18-6-4-11)9-3-2-8(15-16-9)10(12,13)14/h2-3H,4-7H2,1H3. The second kappa shape index (κ2) is 6.75. The first-order chi connectivity index (χ1) is 8.45. The molecule has 1 rings (SSSR count). The van der Waals surface area contributed by atoms with Crippen LogP contribution in [0, 0.1) is 0 Å². The van der Waals surface area contributed by atoms with Crippen LogP contribution in [0.1, 0.15) is 5.69 Å². The minimum absolute atomic E-state index is 0.359. The van der Waals surface area contributed by atoms with Crippen LogP contribution < -0.4 is 4.90 Å². The Hall–Kier alpha value is -1.08. The maximum absolute atomic E-state index is 12.3. The van der Waals surface area contributed by atoms with Crippen molar-refractivity contribution in [2.24, 2.45) is 0 Å². The molecule has 0 aliphatic carbocycles. The quantitative estimate of drug-likeness (QED) is 0.592. The summed E-state index contributed by atoms with van der Waals surface area (Å²) in [6.07, 6.45) is -4.46. The van der Waals surface area contributed by atoms with Gasteiger partial charge in [0.2, 0.25) is 0 Å². The Labute approximate surface area is 108 Å². The summed E-state index contributed by atoms with van der Waals surface area (Å²) in [6.45, 7) is 1.36. The van der Waals surface area contributed by atoms with Crippen molar-refractivity contribution in [3.63, 3.8) is 0 Å². The molecule has 0 unspecified atom stereocenters. The van der Waals surface area contributed by atoms with Crippen LogP contribution in [-0.2, 0) is 10.9 Å².